The molecule has 1 heterocycles. The van der Waals surface area contributed by atoms with E-state index in [0.717, 1.165) is 36.1 Å². The first-order valence-electron chi connectivity index (χ1n) is 8.50. The Morgan fingerprint density at radius 1 is 1.36 bits per heavy atom. The zero-order valence-corrected chi connectivity index (χ0v) is 14.6. The number of hydrogen-bond donors (Lipinski definition) is 1. The van der Waals surface area contributed by atoms with Crippen molar-refractivity contribution in [1.82, 2.24) is 4.98 Å². The number of benzene rings is 1. The van der Waals surface area contributed by atoms with Gasteiger partial charge in [0.05, 0.1) is 23.5 Å². The molecule has 1 aromatic heterocycles. The van der Waals surface area contributed by atoms with E-state index in [1.807, 2.05) is 0 Å². The van der Waals surface area contributed by atoms with E-state index in [2.05, 4.69) is 10.3 Å². The zero-order valence-electron chi connectivity index (χ0n) is 13.8. The monoisotopic (exact) mass is 360 g/mol. The highest BCUT2D eigenvalue weighted by Crippen LogP contribution is 2.56. The lowest BCUT2D eigenvalue weighted by molar-refractivity contribution is 0.0517. The third-order valence-electron chi connectivity index (χ3n) is 5.07. The SMILES string of the molecule is CCOC(=O)c1ncc(Nc2ccc(F)c(Cl)c2)c2c1C1CCC2C1. The summed E-state index contributed by atoms with van der Waals surface area (Å²) in [5, 5.41) is 3.36. The van der Waals surface area contributed by atoms with E-state index >= 15 is 0 Å². The summed E-state index contributed by atoms with van der Waals surface area (Å²) in [5.41, 5.74) is 4.16. The Hall–Kier alpha value is -2.14. The highest BCUT2D eigenvalue weighted by Gasteiger charge is 2.42. The predicted molar refractivity (Wildman–Crippen MR) is 94.2 cm³/mol. The molecule has 0 aliphatic heterocycles. The van der Waals surface area contributed by atoms with Gasteiger partial charge in [0.1, 0.15) is 5.82 Å². The van der Waals surface area contributed by atoms with Gasteiger partial charge in [-0.15, -0.1) is 0 Å². The standard InChI is InChI=1S/C19H18ClFN2O2/c1-2-25-19(24)18-17-11-4-3-10(7-11)16(17)15(9-22-18)23-12-5-6-14(21)13(20)8-12/h5-6,8-11,23H,2-4,7H2,1H3. The molecule has 2 unspecified atom stereocenters. The van der Waals surface area contributed by atoms with Crippen LogP contribution in [-0.2, 0) is 4.74 Å². The molecule has 0 radical (unpaired) electrons. The van der Waals surface area contributed by atoms with Gasteiger partial charge in [0.2, 0.25) is 0 Å². The molecule has 2 aromatic rings. The molecule has 2 aliphatic carbocycles. The maximum atomic E-state index is 13.4. The normalized spacial score (nSPS) is 20.4. The summed E-state index contributed by atoms with van der Waals surface area (Å²) in [5.74, 6) is -0.0185. The number of pyridine rings is 1. The van der Waals surface area contributed by atoms with Gasteiger partial charge in [-0.05, 0) is 67.3 Å². The number of esters is 1. The molecule has 0 saturated heterocycles. The molecule has 0 amide bonds. The number of nitrogens with one attached hydrogen (secondary N) is 1. The number of carbonyl (C=O) groups excluding carboxylic acids is 1. The molecule has 1 N–H and O–H groups in total. The zero-order chi connectivity index (χ0) is 17.6. The van der Waals surface area contributed by atoms with Crippen molar-refractivity contribution in [2.75, 3.05) is 11.9 Å². The van der Waals surface area contributed by atoms with E-state index in [-0.39, 0.29) is 11.0 Å². The molecule has 25 heavy (non-hydrogen) atoms. The molecule has 6 heteroatoms. The first kappa shape index (κ1) is 16.3. The van der Waals surface area contributed by atoms with E-state index in [0.29, 0.717) is 29.8 Å². The molecule has 2 aliphatic rings. The number of halogens is 2. The Morgan fingerprint density at radius 2 is 2.12 bits per heavy atom. The smallest absolute Gasteiger partial charge is 0.357 e. The molecule has 2 bridgehead atoms. The minimum absolute atomic E-state index is 0.0688. The molecule has 1 fully saturated rings. The summed E-state index contributed by atoms with van der Waals surface area (Å²) >= 11 is 5.87. The van der Waals surface area contributed by atoms with Crippen molar-refractivity contribution in [2.24, 2.45) is 0 Å². The van der Waals surface area contributed by atoms with Crippen LogP contribution < -0.4 is 5.32 Å². The van der Waals surface area contributed by atoms with E-state index in [1.165, 1.54) is 6.07 Å². The van der Waals surface area contributed by atoms with Crippen LogP contribution in [0.25, 0.3) is 0 Å². The number of nitrogens with zero attached hydrogens (tertiary/aromatic N) is 1. The van der Waals surface area contributed by atoms with Gasteiger partial charge in [0.25, 0.3) is 0 Å². The van der Waals surface area contributed by atoms with Gasteiger partial charge in [-0.25, -0.2) is 14.2 Å². The van der Waals surface area contributed by atoms with Crippen LogP contribution in [0.2, 0.25) is 5.02 Å². The summed E-state index contributed by atoms with van der Waals surface area (Å²) in [4.78, 5) is 16.6. The van der Waals surface area contributed by atoms with Crippen LogP contribution >= 0.6 is 11.6 Å². The topological polar surface area (TPSA) is 51.2 Å². The Labute approximate surface area is 150 Å². The quantitative estimate of drug-likeness (QED) is 0.765. The molecule has 130 valence electrons. The average molecular weight is 361 g/mol. The Kier molecular flexibility index (Phi) is 4.12. The summed E-state index contributed by atoms with van der Waals surface area (Å²) in [7, 11) is 0. The third kappa shape index (κ3) is 2.76. The summed E-state index contributed by atoms with van der Waals surface area (Å²) in [6.07, 6.45) is 4.91. The lowest BCUT2D eigenvalue weighted by Gasteiger charge is -2.21. The molecule has 1 aromatic carbocycles. The fourth-order valence-corrected chi connectivity index (χ4v) is 4.27. The van der Waals surface area contributed by atoms with Crippen molar-refractivity contribution in [3.8, 4) is 0 Å². The Balaban J connectivity index is 1.75. The van der Waals surface area contributed by atoms with E-state index in [1.54, 1.807) is 25.3 Å². The number of aromatic nitrogens is 1. The van der Waals surface area contributed by atoms with Crippen LogP contribution in [-0.4, -0.2) is 17.6 Å². The van der Waals surface area contributed by atoms with E-state index in [4.69, 9.17) is 16.3 Å². The van der Waals surface area contributed by atoms with Crippen molar-refractivity contribution in [1.29, 1.82) is 0 Å². The van der Waals surface area contributed by atoms with Crippen LogP contribution in [0.4, 0.5) is 15.8 Å². The van der Waals surface area contributed by atoms with Crippen LogP contribution in [0.1, 0.15) is 59.6 Å². The van der Waals surface area contributed by atoms with Crippen LogP contribution in [0.15, 0.2) is 24.4 Å². The number of carbonyl (C=O) groups is 1. The highest BCUT2D eigenvalue weighted by molar-refractivity contribution is 6.31. The lowest BCUT2D eigenvalue weighted by Crippen LogP contribution is -2.15. The Morgan fingerprint density at radius 3 is 2.84 bits per heavy atom. The number of fused-ring (bicyclic) bond motifs is 5. The van der Waals surface area contributed by atoms with Gasteiger partial charge in [0, 0.05) is 5.69 Å². The van der Waals surface area contributed by atoms with Crippen molar-refractivity contribution in [3.63, 3.8) is 0 Å². The minimum atomic E-state index is -0.452. The van der Waals surface area contributed by atoms with Gasteiger partial charge in [0.15, 0.2) is 5.69 Å². The van der Waals surface area contributed by atoms with Crippen LogP contribution in [0.5, 0.6) is 0 Å². The maximum Gasteiger partial charge on any atom is 0.357 e. The number of ether oxygens (including phenoxy) is 1. The van der Waals surface area contributed by atoms with Gasteiger partial charge >= 0.3 is 5.97 Å². The minimum Gasteiger partial charge on any atom is -0.461 e. The molecule has 0 spiro atoms. The molecule has 4 rings (SSSR count). The molecule has 4 nitrogen and oxygen atoms in total. The number of anilines is 2. The highest BCUT2D eigenvalue weighted by atomic mass is 35.5. The van der Waals surface area contributed by atoms with E-state index in [9.17, 15) is 9.18 Å². The second-order valence-electron chi connectivity index (χ2n) is 6.53. The molecule has 1 saturated carbocycles. The van der Waals surface area contributed by atoms with E-state index < -0.39 is 5.82 Å². The third-order valence-corrected chi connectivity index (χ3v) is 5.36. The van der Waals surface area contributed by atoms with Crippen molar-refractivity contribution < 1.29 is 13.9 Å². The average Bonchev–Trinajstić information content (AvgIpc) is 3.21. The summed E-state index contributed by atoms with van der Waals surface area (Å²) in [6, 6.07) is 4.52. The second-order valence-corrected chi connectivity index (χ2v) is 6.94. The first-order valence-corrected chi connectivity index (χ1v) is 8.88. The largest absolute Gasteiger partial charge is 0.461 e. The van der Waals surface area contributed by atoms with Crippen LogP contribution in [0.3, 0.4) is 0 Å². The second kappa shape index (κ2) is 6.30. The molecular weight excluding hydrogens is 343 g/mol. The number of hydrogen-bond acceptors (Lipinski definition) is 4. The van der Waals surface area contributed by atoms with Gasteiger partial charge < -0.3 is 10.1 Å². The van der Waals surface area contributed by atoms with Crippen LogP contribution in [0, 0.1) is 5.82 Å². The van der Waals surface area contributed by atoms with Crippen molar-refractivity contribution in [3.05, 3.63) is 52.1 Å². The van der Waals surface area contributed by atoms with Crippen molar-refractivity contribution >= 4 is 28.9 Å². The van der Waals surface area contributed by atoms with Gasteiger partial charge in [-0.2, -0.15) is 0 Å². The summed E-state index contributed by atoms with van der Waals surface area (Å²) < 4.78 is 18.5. The number of rotatable bonds is 4. The fourth-order valence-electron chi connectivity index (χ4n) is 4.09. The first-order chi connectivity index (χ1) is 12.1. The molecule has 2 atom stereocenters. The Bertz CT molecular complexity index is 856. The van der Waals surface area contributed by atoms with Gasteiger partial charge in [-0.1, -0.05) is 11.6 Å². The van der Waals surface area contributed by atoms with Gasteiger partial charge in [-0.3, -0.25) is 0 Å². The summed E-state index contributed by atoms with van der Waals surface area (Å²) in [6.45, 7) is 2.12. The molecular formula is C19H18ClFN2O2. The maximum absolute atomic E-state index is 13.4. The van der Waals surface area contributed by atoms with Crippen molar-refractivity contribution in [2.45, 2.75) is 38.0 Å². The fraction of sp³-hybridized carbons (Fsp3) is 0.368. The lowest BCUT2D eigenvalue weighted by atomic mass is 9.89. The predicted octanol–water partition coefficient (Wildman–Crippen LogP) is 5.16.